The molecule has 0 spiro atoms. The highest BCUT2D eigenvalue weighted by molar-refractivity contribution is 5.87. The van der Waals surface area contributed by atoms with Gasteiger partial charge in [0.2, 0.25) is 0 Å². The lowest BCUT2D eigenvalue weighted by atomic mass is 10.0. The van der Waals surface area contributed by atoms with E-state index >= 15 is 0 Å². The summed E-state index contributed by atoms with van der Waals surface area (Å²) < 4.78 is 2.38. The third kappa shape index (κ3) is 2.60. The van der Waals surface area contributed by atoms with Crippen molar-refractivity contribution in [2.45, 2.75) is 58.9 Å². The minimum atomic E-state index is 0.531. The summed E-state index contributed by atoms with van der Waals surface area (Å²) in [6, 6.07) is 6.11. The Labute approximate surface area is 115 Å². The quantitative estimate of drug-likeness (QED) is 0.785. The van der Waals surface area contributed by atoms with Gasteiger partial charge in [-0.15, -0.1) is 0 Å². The molecule has 0 aliphatic heterocycles. The average molecular weight is 259 g/mol. The summed E-state index contributed by atoms with van der Waals surface area (Å²) >= 11 is 0. The standard InChI is InChI=1S/C16H25N3/c1-4-7-11-19-14-10-8-9-13(17)15(14)18-16(19)12(5-2)6-3/h8-10,12H,4-7,11,17H2,1-3H3. The van der Waals surface area contributed by atoms with E-state index in [1.807, 2.05) is 12.1 Å². The molecule has 2 rings (SSSR count). The second-order valence-corrected chi connectivity index (χ2v) is 5.20. The lowest BCUT2D eigenvalue weighted by Crippen LogP contribution is -2.08. The Kier molecular flexibility index (Phi) is 4.46. The van der Waals surface area contributed by atoms with E-state index in [1.165, 1.54) is 24.2 Å². The fraction of sp³-hybridized carbons (Fsp3) is 0.562. The first kappa shape index (κ1) is 13.9. The molecule has 2 N–H and O–H groups in total. The van der Waals surface area contributed by atoms with Crippen LogP contribution in [0.5, 0.6) is 0 Å². The molecule has 104 valence electrons. The van der Waals surface area contributed by atoms with Gasteiger partial charge in [-0.1, -0.05) is 33.3 Å². The number of hydrogen-bond donors (Lipinski definition) is 1. The molecular formula is C16H25N3. The van der Waals surface area contributed by atoms with Crippen LogP contribution in [0.3, 0.4) is 0 Å². The Hall–Kier alpha value is -1.51. The van der Waals surface area contributed by atoms with Crippen molar-refractivity contribution in [3.63, 3.8) is 0 Å². The summed E-state index contributed by atoms with van der Waals surface area (Å²) in [5.74, 6) is 1.75. The molecule has 0 amide bonds. The molecule has 0 atom stereocenters. The number of rotatable bonds is 6. The SMILES string of the molecule is CCCCn1c(C(CC)CC)nc2c(N)cccc21. The Morgan fingerprint density at radius 2 is 1.95 bits per heavy atom. The van der Waals surface area contributed by atoms with Gasteiger partial charge in [0.15, 0.2) is 0 Å². The number of nitrogens with zero attached hydrogens (tertiary/aromatic N) is 2. The highest BCUT2D eigenvalue weighted by Gasteiger charge is 2.18. The lowest BCUT2D eigenvalue weighted by Gasteiger charge is -2.15. The summed E-state index contributed by atoms with van der Waals surface area (Å²) in [5.41, 5.74) is 9.03. The zero-order valence-electron chi connectivity index (χ0n) is 12.3. The summed E-state index contributed by atoms with van der Waals surface area (Å²) in [5, 5.41) is 0. The molecule has 0 aliphatic carbocycles. The first-order chi connectivity index (χ1) is 9.22. The Bertz CT molecular complexity index is 538. The maximum atomic E-state index is 6.07. The highest BCUT2D eigenvalue weighted by atomic mass is 15.1. The van der Waals surface area contributed by atoms with E-state index in [-0.39, 0.29) is 0 Å². The Morgan fingerprint density at radius 1 is 1.21 bits per heavy atom. The van der Waals surface area contributed by atoms with Crippen molar-refractivity contribution in [2.75, 3.05) is 5.73 Å². The van der Waals surface area contributed by atoms with Crippen LogP contribution in [0.25, 0.3) is 11.0 Å². The Morgan fingerprint density at radius 3 is 2.58 bits per heavy atom. The number of fused-ring (bicyclic) bond motifs is 1. The van der Waals surface area contributed by atoms with E-state index in [1.54, 1.807) is 0 Å². The van der Waals surface area contributed by atoms with E-state index in [2.05, 4.69) is 31.4 Å². The van der Waals surface area contributed by atoms with Gasteiger partial charge in [0.1, 0.15) is 11.3 Å². The molecule has 0 bridgehead atoms. The number of aromatic nitrogens is 2. The molecule has 1 heterocycles. The average Bonchev–Trinajstić information content (AvgIpc) is 2.78. The Balaban J connectivity index is 2.56. The monoisotopic (exact) mass is 259 g/mol. The van der Waals surface area contributed by atoms with Gasteiger partial charge in [0.25, 0.3) is 0 Å². The maximum absolute atomic E-state index is 6.07. The fourth-order valence-corrected chi connectivity index (χ4v) is 2.70. The fourth-order valence-electron chi connectivity index (χ4n) is 2.70. The van der Waals surface area contributed by atoms with Crippen LogP contribution in [-0.2, 0) is 6.54 Å². The van der Waals surface area contributed by atoms with E-state index in [0.29, 0.717) is 5.92 Å². The largest absolute Gasteiger partial charge is 0.397 e. The third-order valence-corrected chi connectivity index (χ3v) is 3.93. The van der Waals surface area contributed by atoms with E-state index in [9.17, 15) is 0 Å². The summed E-state index contributed by atoms with van der Waals surface area (Å²) in [7, 11) is 0. The van der Waals surface area contributed by atoms with Crippen LogP contribution in [0, 0.1) is 0 Å². The first-order valence-electron chi connectivity index (χ1n) is 7.47. The molecule has 3 heteroatoms. The van der Waals surface area contributed by atoms with Crippen LogP contribution in [0.2, 0.25) is 0 Å². The number of hydrogen-bond acceptors (Lipinski definition) is 2. The van der Waals surface area contributed by atoms with Crippen molar-refractivity contribution in [3.8, 4) is 0 Å². The van der Waals surface area contributed by atoms with E-state index in [0.717, 1.165) is 30.6 Å². The maximum Gasteiger partial charge on any atom is 0.113 e. The minimum absolute atomic E-state index is 0.531. The smallest absolute Gasteiger partial charge is 0.113 e. The molecule has 3 nitrogen and oxygen atoms in total. The van der Waals surface area contributed by atoms with Crippen LogP contribution in [0.4, 0.5) is 5.69 Å². The van der Waals surface area contributed by atoms with Gasteiger partial charge in [-0.05, 0) is 31.4 Å². The minimum Gasteiger partial charge on any atom is -0.397 e. The van der Waals surface area contributed by atoms with Crippen molar-refractivity contribution < 1.29 is 0 Å². The van der Waals surface area contributed by atoms with Crippen molar-refractivity contribution >= 4 is 16.7 Å². The molecule has 0 saturated heterocycles. The number of para-hydroxylation sites is 1. The van der Waals surface area contributed by atoms with Gasteiger partial charge in [0.05, 0.1) is 11.2 Å². The second kappa shape index (κ2) is 6.09. The number of aryl methyl sites for hydroxylation is 1. The van der Waals surface area contributed by atoms with Crippen molar-refractivity contribution in [2.24, 2.45) is 0 Å². The van der Waals surface area contributed by atoms with Crippen molar-refractivity contribution in [3.05, 3.63) is 24.0 Å². The molecule has 0 aliphatic rings. The third-order valence-electron chi connectivity index (χ3n) is 3.93. The van der Waals surface area contributed by atoms with E-state index in [4.69, 9.17) is 10.7 Å². The van der Waals surface area contributed by atoms with Crippen LogP contribution in [0.15, 0.2) is 18.2 Å². The molecule has 1 aromatic heterocycles. The first-order valence-corrected chi connectivity index (χ1v) is 7.47. The summed E-state index contributed by atoms with van der Waals surface area (Å²) in [6.07, 6.45) is 4.65. The predicted molar refractivity (Wildman–Crippen MR) is 82.4 cm³/mol. The zero-order chi connectivity index (χ0) is 13.8. The predicted octanol–water partition coefficient (Wildman–Crippen LogP) is 4.32. The van der Waals surface area contributed by atoms with Gasteiger partial charge >= 0.3 is 0 Å². The number of anilines is 1. The number of nitrogen functional groups attached to an aromatic ring is 1. The van der Waals surface area contributed by atoms with Crippen LogP contribution >= 0.6 is 0 Å². The topological polar surface area (TPSA) is 43.8 Å². The number of nitrogens with two attached hydrogens (primary N) is 1. The van der Waals surface area contributed by atoms with Gasteiger partial charge in [-0.25, -0.2) is 4.98 Å². The molecular weight excluding hydrogens is 234 g/mol. The zero-order valence-corrected chi connectivity index (χ0v) is 12.3. The molecule has 0 radical (unpaired) electrons. The summed E-state index contributed by atoms with van der Waals surface area (Å²) in [4.78, 5) is 4.85. The molecule has 1 aromatic carbocycles. The summed E-state index contributed by atoms with van der Waals surface area (Å²) in [6.45, 7) is 7.74. The van der Waals surface area contributed by atoms with E-state index < -0.39 is 0 Å². The second-order valence-electron chi connectivity index (χ2n) is 5.20. The lowest BCUT2D eigenvalue weighted by molar-refractivity contribution is 0.539. The van der Waals surface area contributed by atoms with Gasteiger partial charge in [-0.3, -0.25) is 0 Å². The number of benzene rings is 1. The van der Waals surface area contributed by atoms with Crippen LogP contribution in [0.1, 0.15) is 58.2 Å². The van der Waals surface area contributed by atoms with Crippen LogP contribution < -0.4 is 5.73 Å². The number of imidazole rings is 1. The number of unbranched alkanes of at least 4 members (excludes halogenated alkanes) is 1. The van der Waals surface area contributed by atoms with Gasteiger partial charge in [-0.2, -0.15) is 0 Å². The van der Waals surface area contributed by atoms with Crippen LogP contribution in [-0.4, -0.2) is 9.55 Å². The molecule has 0 saturated carbocycles. The molecule has 19 heavy (non-hydrogen) atoms. The molecule has 0 unspecified atom stereocenters. The molecule has 0 fully saturated rings. The molecule has 2 aromatic rings. The van der Waals surface area contributed by atoms with Gasteiger partial charge in [0, 0.05) is 12.5 Å². The van der Waals surface area contributed by atoms with Gasteiger partial charge < -0.3 is 10.3 Å². The van der Waals surface area contributed by atoms with Crippen molar-refractivity contribution in [1.29, 1.82) is 0 Å². The normalized spacial score (nSPS) is 11.6. The highest BCUT2D eigenvalue weighted by Crippen LogP contribution is 2.29. The van der Waals surface area contributed by atoms with Crippen molar-refractivity contribution in [1.82, 2.24) is 9.55 Å².